The second-order valence-corrected chi connectivity index (χ2v) is 5.92. The lowest BCUT2D eigenvalue weighted by Crippen LogP contribution is -2.33. The van der Waals surface area contributed by atoms with Gasteiger partial charge in [0, 0.05) is 13.2 Å². The van der Waals surface area contributed by atoms with Crippen LogP contribution in [0.1, 0.15) is 51.9 Å². The zero-order valence-electron chi connectivity index (χ0n) is 11.8. The fraction of sp³-hybridized carbons (Fsp3) is 0.867. The molecule has 1 N–H and O–H groups in total. The first-order chi connectivity index (χ1) is 9.19. The molecule has 1 saturated heterocycles. The lowest BCUT2D eigenvalue weighted by Gasteiger charge is -2.17. The van der Waals surface area contributed by atoms with Gasteiger partial charge in [0.15, 0.2) is 0 Å². The maximum Gasteiger partial charge on any atom is 0.233 e. The molecule has 0 aromatic rings. The molecular weight excluding hydrogens is 242 g/mol. The molecule has 2 atom stereocenters. The Labute approximate surface area is 115 Å². The molecule has 2 amide bonds. The van der Waals surface area contributed by atoms with Crippen molar-refractivity contribution in [2.75, 3.05) is 13.2 Å². The average molecular weight is 267 g/mol. The zero-order chi connectivity index (χ0) is 13.8. The van der Waals surface area contributed by atoms with Crippen LogP contribution in [0.25, 0.3) is 0 Å². The van der Waals surface area contributed by atoms with Crippen molar-refractivity contribution >= 4 is 11.8 Å². The summed E-state index contributed by atoms with van der Waals surface area (Å²) in [5, 5.41) is 8.70. The topological polar surface area (TPSA) is 57.6 Å². The largest absolute Gasteiger partial charge is 0.396 e. The summed E-state index contributed by atoms with van der Waals surface area (Å²) >= 11 is 0. The van der Waals surface area contributed by atoms with Gasteiger partial charge in [0.1, 0.15) is 0 Å². The van der Waals surface area contributed by atoms with E-state index in [1.54, 1.807) is 0 Å². The highest BCUT2D eigenvalue weighted by atomic mass is 16.3. The summed E-state index contributed by atoms with van der Waals surface area (Å²) in [6.07, 6.45) is 6.52. The van der Waals surface area contributed by atoms with Crippen molar-refractivity contribution in [3.05, 3.63) is 0 Å². The van der Waals surface area contributed by atoms with E-state index in [9.17, 15) is 9.59 Å². The highest BCUT2D eigenvalue weighted by Crippen LogP contribution is 2.44. The van der Waals surface area contributed by atoms with E-state index in [1.165, 1.54) is 4.90 Å². The van der Waals surface area contributed by atoms with Gasteiger partial charge in [-0.25, -0.2) is 0 Å². The SMILES string of the molecule is CCC1CC2C(=O)N(CCCCCCO)C(=O)C2C1. The summed E-state index contributed by atoms with van der Waals surface area (Å²) in [5.74, 6) is 0.681. The van der Waals surface area contributed by atoms with Crippen LogP contribution >= 0.6 is 0 Å². The quantitative estimate of drug-likeness (QED) is 0.566. The van der Waals surface area contributed by atoms with E-state index in [0.717, 1.165) is 44.9 Å². The smallest absolute Gasteiger partial charge is 0.233 e. The lowest BCUT2D eigenvalue weighted by molar-refractivity contribution is -0.140. The third-order valence-electron chi connectivity index (χ3n) is 4.69. The Bertz CT molecular complexity index is 318. The Morgan fingerprint density at radius 1 is 1.05 bits per heavy atom. The summed E-state index contributed by atoms with van der Waals surface area (Å²) < 4.78 is 0. The molecular formula is C15H25NO3. The number of hydrogen-bond donors (Lipinski definition) is 1. The van der Waals surface area contributed by atoms with E-state index >= 15 is 0 Å². The van der Waals surface area contributed by atoms with Crippen molar-refractivity contribution in [3.63, 3.8) is 0 Å². The molecule has 1 heterocycles. The fourth-order valence-corrected chi connectivity index (χ4v) is 3.49. The Hall–Kier alpha value is -0.900. The number of likely N-dealkylation sites (tertiary alicyclic amines) is 1. The molecule has 4 heteroatoms. The predicted molar refractivity (Wildman–Crippen MR) is 72.3 cm³/mol. The van der Waals surface area contributed by atoms with Crippen molar-refractivity contribution in [2.45, 2.75) is 51.9 Å². The zero-order valence-corrected chi connectivity index (χ0v) is 11.8. The number of nitrogens with zero attached hydrogens (tertiary/aromatic N) is 1. The Kier molecular flexibility index (Phi) is 4.97. The number of carbonyl (C=O) groups is 2. The number of carbonyl (C=O) groups excluding carboxylic acids is 2. The van der Waals surface area contributed by atoms with Gasteiger partial charge in [0.25, 0.3) is 0 Å². The van der Waals surface area contributed by atoms with Crippen LogP contribution in [0, 0.1) is 17.8 Å². The highest BCUT2D eigenvalue weighted by molar-refractivity contribution is 6.05. The van der Waals surface area contributed by atoms with Crippen LogP contribution in [-0.4, -0.2) is 35.0 Å². The van der Waals surface area contributed by atoms with Gasteiger partial charge in [-0.2, -0.15) is 0 Å². The van der Waals surface area contributed by atoms with Crippen molar-refractivity contribution < 1.29 is 14.7 Å². The monoisotopic (exact) mass is 267 g/mol. The number of unbranched alkanes of at least 4 members (excludes halogenated alkanes) is 3. The molecule has 2 rings (SSSR count). The highest BCUT2D eigenvalue weighted by Gasteiger charge is 2.51. The van der Waals surface area contributed by atoms with Gasteiger partial charge >= 0.3 is 0 Å². The summed E-state index contributed by atoms with van der Waals surface area (Å²) in [7, 11) is 0. The second-order valence-electron chi connectivity index (χ2n) is 5.92. The normalized spacial score (nSPS) is 30.2. The van der Waals surface area contributed by atoms with Crippen LogP contribution < -0.4 is 0 Å². The van der Waals surface area contributed by atoms with Gasteiger partial charge in [-0.15, -0.1) is 0 Å². The molecule has 0 aromatic carbocycles. The minimum atomic E-state index is -0.0186. The van der Waals surface area contributed by atoms with Gasteiger partial charge < -0.3 is 5.11 Å². The Morgan fingerprint density at radius 2 is 1.63 bits per heavy atom. The van der Waals surface area contributed by atoms with Crippen molar-refractivity contribution in [3.8, 4) is 0 Å². The molecule has 0 aromatic heterocycles. The number of amides is 2. The molecule has 1 aliphatic carbocycles. The van der Waals surface area contributed by atoms with E-state index in [-0.39, 0.29) is 30.3 Å². The molecule has 0 radical (unpaired) electrons. The first-order valence-electron chi connectivity index (χ1n) is 7.65. The predicted octanol–water partition coefficient (Wildman–Crippen LogP) is 1.96. The van der Waals surface area contributed by atoms with E-state index in [4.69, 9.17) is 5.11 Å². The van der Waals surface area contributed by atoms with Crippen LogP contribution in [0.15, 0.2) is 0 Å². The Balaban J connectivity index is 1.81. The fourth-order valence-electron chi connectivity index (χ4n) is 3.49. The molecule has 2 aliphatic rings. The van der Waals surface area contributed by atoms with Gasteiger partial charge in [-0.3, -0.25) is 14.5 Å². The first kappa shape index (κ1) is 14.5. The number of aliphatic hydroxyl groups excluding tert-OH is 1. The van der Waals surface area contributed by atoms with E-state index in [0.29, 0.717) is 12.5 Å². The second kappa shape index (κ2) is 6.51. The number of aliphatic hydroxyl groups is 1. The van der Waals surface area contributed by atoms with Gasteiger partial charge in [0.2, 0.25) is 11.8 Å². The van der Waals surface area contributed by atoms with Crippen molar-refractivity contribution in [1.82, 2.24) is 4.90 Å². The van der Waals surface area contributed by atoms with Gasteiger partial charge in [-0.1, -0.05) is 26.2 Å². The standard InChI is InChI=1S/C15H25NO3/c1-2-11-9-12-13(10-11)15(19)16(14(12)18)7-5-3-4-6-8-17/h11-13,17H,2-10H2,1H3. The van der Waals surface area contributed by atoms with Crippen LogP contribution in [0.4, 0.5) is 0 Å². The van der Waals surface area contributed by atoms with Crippen LogP contribution in [0.5, 0.6) is 0 Å². The van der Waals surface area contributed by atoms with Crippen LogP contribution in [0.3, 0.4) is 0 Å². The molecule has 2 fully saturated rings. The summed E-state index contributed by atoms with van der Waals surface area (Å²) in [6, 6.07) is 0. The third kappa shape index (κ3) is 2.99. The molecule has 2 unspecified atom stereocenters. The molecule has 0 bridgehead atoms. The molecule has 1 aliphatic heterocycles. The number of imide groups is 1. The van der Waals surface area contributed by atoms with Gasteiger partial charge in [-0.05, 0) is 31.6 Å². The minimum Gasteiger partial charge on any atom is -0.396 e. The van der Waals surface area contributed by atoms with E-state index in [2.05, 4.69) is 6.92 Å². The van der Waals surface area contributed by atoms with Crippen molar-refractivity contribution in [2.24, 2.45) is 17.8 Å². The van der Waals surface area contributed by atoms with Crippen molar-refractivity contribution in [1.29, 1.82) is 0 Å². The van der Waals surface area contributed by atoms with Crippen LogP contribution in [0.2, 0.25) is 0 Å². The van der Waals surface area contributed by atoms with E-state index < -0.39 is 0 Å². The average Bonchev–Trinajstić information content (AvgIpc) is 2.93. The maximum atomic E-state index is 12.2. The molecule has 19 heavy (non-hydrogen) atoms. The summed E-state index contributed by atoms with van der Waals surface area (Å²) in [5.41, 5.74) is 0. The van der Waals surface area contributed by atoms with E-state index in [1.807, 2.05) is 0 Å². The number of fused-ring (bicyclic) bond motifs is 1. The third-order valence-corrected chi connectivity index (χ3v) is 4.69. The molecule has 108 valence electrons. The van der Waals surface area contributed by atoms with Gasteiger partial charge in [0.05, 0.1) is 11.8 Å². The molecule has 0 spiro atoms. The minimum absolute atomic E-state index is 0.0186. The van der Waals surface area contributed by atoms with Crippen LogP contribution in [-0.2, 0) is 9.59 Å². The Morgan fingerprint density at radius 3 is 2.16 bits per heavy atom. The first-order valence-corrected chi connectivity index (χ1v) is 7.65. The summed E-state index contributed by atoms with van der Waals surface area (Å²) in [6.45, 7) is 2.94. The number of rotatable bonds is 7. The summed E-state index contributed by atoms with van der Waals surface area (Å²) in [4.78, 5) is 26.0. The lowest BCUT2D eigenvalue weighted by atomic mass is 10.00. The maximum absolute atomic E-state index is 12.2. The molecule has 4 nitrogen and oxygen atoms in total. The molecule has 1 saturated carbocycles. The number of hydrogen-bond acceptors (Lipinski definition) is 3.